The Morgan fingerprint density at radius 2 is 2.03 bits per heavy atom. The number of nitrogens with one attached hydrogen (secondary N) is 1. The third kappa shape index (κ3) is 5.62. The van der Waals surface area contributed by atoms with Gasteiger partial charge in [-0.15, -0.1) is 6.58 Å². The molecule has 2 aliphatic rings. The van der Waals surface area contributed by atoms with Crippen LogP contribution in [0.2, 0.25) is 0 Å². The summed E-state index contributed by atoms with van der Waals surface area (Å²) >= 11 is 0. The largest absolute Gasteiger partial charge is 0.346 e. The number of ether oxygens (including phenoxy) is 4. The Labute approximate surface area is 170 Å². The molecule has 1 aromatic carbocycles. The van der Waals surface area contributed by atoms with Crippen molar-refractivity contribution >= 4 is 16.0 Å². The van der Waals surface area contributed by atoms with Gasteiger partial charge in [0.05, 0.1) is 19.5 Å². The fourth-order valence-electron chi connectivity index (χ4n) is 3.36. The van der Waals surface area contributed by atoms with E-state index in [1.807, 2.05) is 30.3 Å². The van der Waals surface area contributed by atoms with Crippen molar-refractivity contribution in [1.82, 2.24) is 5.32 Å². The molecule has 2 aliphatic heterocycles. The third-order valence-corrected chi connectivity index (χ3v) is 5.02. The van der Waals surface area contributed by atoms with Crippen LogP contribution in [-0.4, -0.2) is 64.4 Å². The number of amides is 1. The van der Waals surface area contributed by atoms with E-state index < -0.39 is 53.0 Å². The summed E-state index contributed by atoms with van der Waals surface area (Å²) in [6.07, 6.45) is -1.77. The topological polar surface area (TPSA) is 109 Å². The lowest BCUT2D eigenvalue weighted by atomic mass is 9.95. The van der Waals surface area contributed by atoms with Crippen LogP contribution in [0.3, 0.4) is 0 Å². The Kier molecular flexibility index (Phi) is 7.04. The van der Waals surface area contributed by atoms with Gasteiger partial charge in [0.25, 0.3) is 10.1 Å². The van der Waals surface area contributed by atoms with E-state index in [1.165, 1.54) is 13.0 Å². The van der Waals surface area contributed by atoms with Crippen LogP contribution >= 0.6 is 0 Å². The summed E-state index contributed by atoms with van der Waals surface area (Å²) in [6, 6.07) is 8.30. The average molecular weight is 427 g/mol. The number of rotatable bonds is 7. The molecule has 0 radical (unpaired) electrons. The van der Waals surface area contributed by atoms with Gasteiger partial charge in [-0.3, -0.25) is 8.98 Å². The summed E-state index contributed by atoms with van der Waals surface area (Å²) in [4.78, 5) is 11.8. The zero-order valence-electron chi connectivity index (χ0n) is 16.2. The maximum atomic E-state index is 12.0. The second-order valence-electron chi connectivity index (χ2n) is 6.83. The van der Waals surface area contributed by atoms with Crippen molar-refractivity contribution in [2.24, 2.45) is 0 Å². The molecule has 0 spiro atoms. The van der Waals surface area contributed by atoms with Gasteiger partial charge >= 0.3 is 0 Å². The van der Waals surface area contributed by atoms with Crippen LogP contribution in [0.4, 0.5) is 0 Å². The van der Waals surface area contributed by atoms with Crippen molar-refractivity contribution < 1.29 is 36.3 Å². The van der Waals surface area contributed by atoms with Gasteiger partial charge in [0, 0.05) is 12.5 Å². The highest BCUT2D eigenvalue weighted by atomic mass is 32.2. The quantitative estimate of drug-likeness (QED) is 0.505. The fraction of sp³-hybridized carbons (Fsp3) is 0.526. The number of carbonyl (C=O) groups excluding carboxylic acids is 1. The van der Waals surface area contributed by atoms with Gasteiger partial charge in [0.1, 0.15) is 24.4 Å². The molecule has 6 atom stereocenters. The second kappa shape index (κ2) is 9.33. The highest BCUT2D eigenvalue weighted by Gasteiger charge is 2.52. The van der Waals surface area contributed by atoms with Crippen LogP contribution in [0.1, 0.15) is 18.8 Å². The van der Waals surface area contributed by atoms with Crippen molar-refractivity contribution in [2.75, 3.05) is 19.5 Å². The Hall–Kier alpha value is -1.82. The van der Waals surface area contributed by atoms with Gasteiger partial charge in [-0.25, -0.2) is 0 Å². The van der Waals surface area contributed by atoms with Crippen LogP contribution in [0.15, 0.2) is 43.0 Å². The molecule has 160 valence electrons. The first kappa shape index (κ1) is 21.9. The second-order valence-corrected chi connectivity index (χ2v) is 8.43. The number of hydrogen-bond donors (Lipinski definition) is 1. The molecule has 0 bridgehead atoms. The summed E-state index contributed by atoms with van der Waals surface area (Å²) in [5.41, 5.74) is 0.769. The van der Waals surface area contributed by atoms with Crippen molar-refractivity contribution in [3.63, 3.8) is 0 Å². The van der Waals surface area contributed by atoms with Crippen molar-refractivity contribution in [1.29, 1.82) is 0 Å². The molecule has 1 N–H and O–H groups in total. The van der Waals surface area contributed by atoms with E-state index in [4.69, 9.17) is 23.1 Å². The molecule has 0 aliphatic carbocycles. The highest BCUT2D eigenvalue weighted by molar-refractivity contribution is 7.86. The molecule has 10 heteroatoms. The van der Waals surface area contributed by atoms with E-state index in [2.05, 4.69) is 11.9 Å². The Morgan fingerprint density at radius 1 is 1.31 bits per heavy atom. The van der Waals surface area contributed by atoms with Crippen molar-refractivity contribution in [3.05, 3.63) is 48.6 Å². The normalized spacial score (nSPS) is 32.2. The molecular weight excluding hydrogens is 402 g/mol. The minimum Gasteiger partial charge on any atom is -0.346 e. The van der Waals surface area contributed by atoms with Gasteiger partial charge in [0.2, 0.25) is 5.91 Å². The first-order valence-electron chi connectivity index (χ1n) is 9.14. The van der Waals surface area contributed by atoms with Crippen molar-refractivity contribution in [3.8, 4) is 0 Å². The highest BCUT2D eigenvalue weighted by Crippen LogP contribution is 2.36. The number of hydrogen-bond acceptors (Lipinski definition) is 8. The number of benzene rings is 1. The van der Waals surface area contributed by atoms with Gasteiger partial charge in [0.15, 0.2) is 12.6 Å². The molecule has 2 saturated heterocycles. The van der Waals surface area contributed by atoms with E-state index in [1.54, 1.807) is 0 Å². The Morgan fingerprint density at radius 3 is 2.66 bits per heavy atom. The number of carbonyl (C=O) groups is 1. The molecule has 2 fully saturated rings. The molecule has 9 nitrogen and oxygen atoms in total. The lowest BCUT2D eigenvalue weighted by Crippen LogP contribution is -2.67. The van der Waals surface area contributed by atoms with Crippen LogP contribution in [0, 0.1) is 0 Å². The molecule has 0 aromatic heterocycles. The smallest absolute Gasteiger partial charge is 0.264 e. The maximum absolute atomic E-state index is 12.0. The van der Waals surface area contributed by atoms with E-state index in [0.29, 0.717) is 0 Å². The zero-order valence-corrected chi connectivity index (χ0v) is 17.0. The molecule has 0 unspecified atom stereocenters. The predicted octanol–water partition coefficient (Wildman–Crippen LogP) is 0.878. The lowest BCUT2D eigenvalue weighted by Gasteiger charge is -2.48. The van der Waals surface area contributed by atoms with Gasteiger partial charge < -0.3 is 24.3 Å². The summed E-state index contributed by atoms with van der Waals surface area (Å²) in [5.74, 6) is -0.391. The van der Waals surface area contributed by atoms with Gasteiger partial charge in [-0.05, 0) is 0 Å². The molecule has 2 heterocycles. The Bertz CT molecular complexity index is 815. The fourth-order valence-corrected chi connectivity index (χ4v) is 3.99. The van der Waals surface area contributed by atoms with E-state index in [9.17, 15) is 13.2 Å². The van der Waals surface area contributed by atoms with Crippen LogP contribution in [0.5, 0.6) is 0 Å². The summed E-state index contributed by atoms with van der Waals surface area (Å²) < 4.78 is 52.6. The minimum atomic E-state index is -3.87. The lowest BCUT2D eigenvalue weighted by molar-refractivity contribution is -0.339. The van der Waals surface area contributed by atoms with Crippen LogP contribution in [0.25, 0.3) is 0 Å². The summed E-state index contributed by atoms with van der Waals surface area (Å²) in [7, 11) is -3.87. The molecule has 3 rings (SSSR count). The molecule has 1 amide bonds. The van der Waals surface area contributed by atoms with E-state index >= 15 is 0 Å². The first-order chi connectivity index (χ1) is 13.8. The maximum Gasteiger partial charge on any atom is 0.264 e. The third-order valence-electron chi connectivity index (χ3n) is 4.44. The summed E-state index contributed by atoms with van der Waals surface area (Å²) in [6.45, 7) is 5.17. The molecular formula is C19H25NO8S. The van der Waals surface area contributed by atoms with E-state index in [-0.39, 0.29) is 13.2 Å². The summed E-state index contributed by atoms with van der Waals surface area (Å²) in [5, 5.41) is 2.67. The molecule has 0 saturated carbocycles. The zero-order chi connectivity index (χ0) is 21.0. The van der Waals surface area contributed by atoms with Crippen LogP contribution < -0.4 is 5.32 Å². The van der Waals surface area contributed by atoms with Crippen LogP contribution in [-0.2, 0) is 38.0 Å². The standard InChI is InChI=1S/C19H25NO8S/c1-4-10-24-19-15(20-12(2)21)17(28-29(3,22)23)16-14(26-19)11-25-18(27-16)13-8-6-5-7-9-13/h4-9,14-19H,1,10-11H2,2-3H3,(H,20,21)/t14-,15-,16-,17-,18-,19+/m1/s1. The SMILES string of the molecule is C=CCO[C@H]1O[C@@H]2CO[C@@H](c3ccccc3)O[C@H]2[C@H](OS(C)(=O)=O)[C@H]1NC(C)=O. The van der Waals surface area contributed by atoms with E-state index in [0.717, 1.165) is 11.8 Å². The number of fused-ring (bicyclic) bond motifs is 1. The predicted molar refractivity (Wildman–Crippen MR) is 102 cm³/mol. The first-order valence-corrected chi connectivity index (χ1v) is 11.0. The minimum absolute atomic E-state index is 0.134. The monoisotopic (exact) mass is 427 g/mol. The molecule has 29 heavy (non-hydrogen) atoms. The van der Waals surface area contributed by atoms with Gasteiger partial charge in [-0.1, -0.05) is 36.4 Å². The Balaban J connectivity index is 1.90. The average Bonchev–Trinajstić information content (AvgIpc) is 2.67. The van der Waals surface area contributed by atoms with Gasteiger partial charge in [-0.2, -0.15) is 8.42 Å². The molecule has 1 aromatic rings. The van der Waals surface area contributed by atoms with Crippen molar-refractivity contribution in [2.45, 2.75) is 43.9 Å².